The molecule has 2 atom stereocenters. The van der Waals surface area contributed by atoms with Gasteiger partial charge >= 0.3 is 6.09 Å². The van der Waals surface area contributed by atoms with Crippen molar-refractivity contribution in [1.82, 2.24) is 10.2 Å². The van der Waals surface area contributed by atoms with Gasteiger partial charge in [-0.3, -0.25) is 14.5 Å². The Morgan fingerprint density at radius 3 is 2.70 bits per heavy atom. The van der Waals surface area contributed by atoms with Crippen LogP contribution in [0.5, 0.6) is 0 Å². The molecule has 0 aromatic carbocycles. The van der Waals surface area contributed by atoms with Crippen LogP contribution in [0.3, 0.4) is 0 Å². The van der Waals surface area contributed by atoms with Crippen molar-refractivity contribution >= 4 is 48.5 Å². The molecular weight excluding hydrogens is 517 g/mol. The molecule has 0 spiro atoms. The van der Waals surface area contributed by atoms with Crippen LogP contribution in [-0.2, 0) is 14.3 Å². The number of nitrogens with zero attached hydrogens (tertiary/aromatic N) is 1. The van der Waals surface area contributed by atoms with Crippen molar-refractivity contribution in [3.8, 4) is 0 Å². The second kappa shape index (κ2) is 15.3. The van der Waals surface area contributed by atoms with Gasteiger partial charge in [0, 0.05) is 12.0 Å². The maximum Gasteiger partial charge on any atom is 0.414 e. The van der Waals surface area contributed by atoms with Gasteiger partial charge in [0.1, 0.15) is 12.6 Å². The van der Waals surface area contributed by atoms with E-state index in [1.165, 1.54) is 6.42 Å². The molecule has 1 aliphatic heterocycles. The fourth-order valence-electron chi connectivity index (χ4n) is 3.52. The predicted molar refractivity (Wildman–Crippen MR) is 130 cm³/mol. The van der Waals surface area contributed by atoms with Crippen LogP contribution < -0.4 is 11.1 Å². The molecule has 1 aliphatic carbocycles. The van der Waals surface area contributed by atoms with Gasteiger partial charge in [0.05, 0.1) is 6.04 Å². The van der Waals surface area contributed by atoms with E-state index in [1.807, 2.05) is 19.1 Å². The summed E-state index contributed by atoms with van der Waals surface area (Å²) in [6.07, 6.45) is 14.0. The Morgan fingerprint density at radius 2 is 2.13 bits per heavy atom. The van der Waals surface area contributed by atoms with Gasteiger partial charge in [-0.1, -0.05) is 45.9 Å². The van der Waals surface area contributed by atoms with Crippen molar-refractivity contribution in [3.63, 3.8) is 0 Å². The summed E-state index contributed by atoms with van der Waals surface area (Å²) in [6.45, 7) is 6.17. The number of halogens is 1. The Hall–Kier alpha value is -1.49. The highest BCUT2D eigenvalue weighted by Gasteiger charge is 2.27. The van der Waals surface area contributed by atoms with E-state index in [0.29, 0.717) is 13.0 Å². The lowest BCUT2D eigenvalue weighted by Gasteiger charge is -2.28. The topological polar surface area (TPSA) is 102 Å². The Morgan fingerprint density at radius 1 is 1.43 bits per heavy atom. The molecule has 7 nitrogen and oxygen atoms in total. The summed E-state index contributed by atoms with van der Waals surface area (Å²) < 4.78 is 5.18. The number of hydrogen-bond donors (Lipinski definition) is 2. The first-order valence-electron chi connectivity index (χ1n) is 10.1. The molecule has 2 unspecified atom stereocenters. The molecule has 0 saturated heterocycles. The van der Waals surface area contributed by atoms with Gasteiger partial charge in [-0.2, -0.15) is 0 Å². The minimum atomic E-state index is -0.460. The van der Waals surface area contributed by atoms with Crippen LogP contribution in [0.2, 0.25) is 0 Å². The van der Waals surface area contributed by atoms with Crippen LogP contribution in [0.15, 0.2) is 36.6 Å². The monoisotopic (exact) mass is 549 g/mol. The lowest BCUT2D eigenvalue weighted by molar-refractivity contribution is -0.124. The van der Waals surface area contributed by atoms with Crippen molar-refractivity contribution in [2.24, 2.45) is 11.7 Å². The molecule has 0 aromatic heterocycles. The number of amides is 3. The molecule has 0 radical (unpaired) electrons. The van der Waals surface area contributed by atoms with Gasteiger partial charge in [0.15, 0.2) is 0 Å². The Kier molecular flexibility index (Phi) is 13.6. The lowest BCUT2D eigenvalue weighted by Crippen LogP contribution is -2.46. The minimum absolute atomic E-state index is 0.0252. The van der Waals surface area contributed by atoms with E-state index < -0.39 is 11.9 Å². The second-order valence-corrected chi connectivity index (χ2v) is 9.71. The van der Waals surface area contributed by atoms with Gasteiger partial charge in [0.25, 0.3) is 0 Å². The Bertz CT molecular complexity index is 636. The first-order valence-corrected chi connectivity index (χ1v) is 13.6. The smallest absolute Gasteiger partial charge is 0.414 e. The van der Waals surface area contributed by atoms with E-state index >= 15 is 0 Å². The molecule has 1 heterocycles. The number of nitrogens with one attached hydrogen (secondary N) is 1. The highest BCUT2D eigenvalue weighted by molar-refractivity contribution is 14.2. The van der Waals surface area contributed by atoms with Crippen LogP contribution in [0, 0.1) is 5.92 Å². The number of hydrogen-bond acceptors (Lipinski definition) is 5. The SMILES string of the molecule is C=CCC1C=C(C)C=CN1C(=O)OCCSI.NC(=O)C(NC=O)C1CCCCC1. The first kappa shape index (κ1) is 26.5. The van der Waals surface area contributed by atoms with Crippen molar-refractivity contribution < 1.29 is 19.1 Å². The second-order valence-electron chi connectivity index (χ2n) is 7.22. The van der Waals surface area contributed by atoms with E-state index in [0.717, 1.165) is 43.4 Å². The van der Waals surface area contributed by atoms with Gasteiger partial charge in [-0.25, -0.2) is 4.79 Å². The summed E-state index contributed by atoms with van der Waals surface area (Å²) in [6, 6.07) is -0.435. The number of carbonyl (C=O) groups is 3. The summed E-state index contributed by atoms with van der Waals surface area (Å²) in [7, 11) is 1.63. The molecule has 30 heavy (non-hydrogen) atoms. The molecule has 168 valence electrons. The van der Waals surface area contributed by atoms with Crippen molar-refractivity contribution in [3.05, 3.63) is 36.6 Å². The lowest BCUT2D eigenvalue weighted by atomic mass is 9.83. The van der Waals surface area contributed by atoms with Gasteiger partial charge < -0.3 is 15.8 Å². The maximum atomic E-state index is 11.8. The Balaban J connectivity index is 0.000000311. The number of allylic oxidation sites excluding steroid dienone is 2. The zero-order chi connectivity index (χ0) is 22.4. The molecule has 1 saturated carbocycles. The van der Waals surface area contributed by atoms with Gasteiger partial charge in [-0.15, -0.1) is 6.58 Å². The molecule has 0 bridgehead atoms. The van der Waals surface area contributed by atoms with Crippen LogP contribution in [-0.4, -0.2) is 47.8 Å². The Labute approximate surface area is 195 Å². The number of nitrogens with two attached hydrogens (primary N) is 1. The third-order valence-corrected chi connectivity index (χ3v) is 6.63. The quantitative estimate of drug-likeness (QED) is 0.195. The molecule has 2 aliphatic rings. The zero-order valence-corrected chi connectivity index (χ0v) is 20.4. The van der Waals surface area contributed by atoms with Gasteiger partial charge in [-0.05, 0) is 59.4 Å². The van der Waals surface area contributed by atoms with E-state index in [1.54, 1.807) is 20.0 Å². The van der Waals surface area contributed by atoms with Crippen LogP contribution in [0.25, 0.3) is 0 Å². The normalized spacial score (nSPS) is 19.6. The predicted octanol–water partition coefficient (Wildman–Crippen LogP) is 4.09. The molecule has 2 rings (SSSR count). The van der Waals surface area contributed by atoms with Crippen LogP contribution in [0.4, 0.5) is 4.79 Å². The highest BCUT2D eigenvalue weighted by Crippen LogP contribution is 2.26. The van der Waals surface area contributed by atoms with Crippen molar-refractivity contribution in [2.45, 2.75) is 57.5 Å². The number of rotatable bonds is 9. The van der Waals surface area contributed by atoms with Crippen LogP contribution >= 0.6 is 30.1 Å². The molecule has 9 heteroatoms. The zero-order valence-electron chi connectivity index (χ0n) is 17.4. The number of carbonyl (C=O) groups excluding carboxylic acids is 3. The molecule has 0 aromatic rings. The van der Waals surface area contributed by atoms with Crippen molar-refractivity contribution in [2.75, 3.05) is 12.4 Å². The van der Waals surface area contributed by atoms with E-state index in [9.17, 15) is 14.4 Å². The van der Waals surface area contributed by atoms with E-state index in [-0.39, 0.29) is 18.1 Å². The van der Waals surface area contributed by atoms with Gasteiger partial charge in [0.2, 0.25) is 12.3 Å². The summed E-state index contributed by atoms with van der Waals surface area (Å²) in [5, 5.41) is 2.50. The average Bonchev–Trinajstić information content (AvgIpc) is 2.73. The van der Waals surface area contributed by atoms with E-state index in [4.69, 9.17) is 10.5 Å². The standard InChI is InChI=1S/C12H16INO2S.C9H16N2O2/c1-3-4-11-9-10(2)5-6-14(11)12(15)16-7-8-17-13;10-9(13)8(11-6-12)7-4-2-1-3-5-7/h3,5-6,9,11H,1,4,7-8H2,2H3;6-8H,1-5H2,(H2,10,13)(H,11,12). The van der Waals surface area contributed by atoms with Crippen molar-refractivity contribution in [1.29, 1.82) is 0 Å². The minimum Gasteiger partial charge on any atom is -0.448 e. The maximum absolute atomic E-state index is 11.8. The third kappa shape index (κ3) is 9.55. The molecule has 3 N–H and O–H groups in total. The fourth-order valence-corrected chi connectivity index (χ4v) is 4.21. The van der Waals surface area contributed by atoms with E-state index in [2.05, 4.69) is 39.2 Å². The number of primary amides is 1. The first-order chi connectivity index (χ1) is 14.4. The summed E-state index contributed by atoms with van der Waals surface area (Å²) >= 11 is 2.18. The average molecular weight is 549 g/mol. The molecule has 3 amide bonds. The summed E-state index contributed by atoms with van der Waals surface area (Å²) in [4.78, 5) is 34.7. The highest BCUT2D eigenvalue weighted by atomic mass is 127. The van der Waals surface area contributed by atoms with Crippen LogP contribution in [0.1, 0.15) is 45.4 Å². The largest absolute Gasteiger partial charge is 0.448 e. The summed E-state index contributed by atoms with van der Waals surface area (Å²) in [5.74, 6) is 0.639. The molecule has 1 fully saturated rings. The molecular formula is C21H32IN3O4S. The summed E-state index contributed by atoms with van der Waals surface area (Å²) in [5.41, 5.74) is 6.35. The fraction of sp³-hybridized carbons (Fsp3) is 0.571. The number of ether oxygens (including phenoxy) is 1. The third-order valence-electron chi connectivity index (χ3n) is 4.99.